The van der Waals surface area contributed by atoms with Crippen molar-refractivity contribution in [3.8, 4) is 0 Å². The maximum absolute atomic E-state index is 11.3. The third kappa shape index (κ3) is 13.5. The largest absolute Gasteiger partial charge is 0.385 e. The third-order valence-corrected chi connectivity index (χ3v) is 4.73. The third-order valence-electron chi connectivity index (χ3n) is 3.33. The molecule has 0 aliphatic rings. The van der Waals surface area contributed by atoms with Gasteiger partial charge >= 0.3 is 0 Å². The number of likely N-dealkylation sites (N-methyl/N-ethyl adjacent to an activating group) is 1. The molecule has 0 spiro atoms. The van der Waals surface area contributed by atoms with Crippen LogP contribution < -0.4 is 15.4 Å². The molecule has 24 heavy (non-hydrogen) atoms. The van der Waals surface area contributed by atoms with Crippen molar-refractivity contribution in [2.45, 2.75) is 26.7 Å². The number of nitrogens with zero attached hydrogens (tertiary/aromatic N) is 2. The van der Waals surface area contributed by atoms with Crippen LogP contribution in [0.1, 0.15) is 26.7 Å². The van der Waals surface area contributed by atoms with Crippen LogP contribution in [0, 0.1) is 0 Å². The Bertz CT molecular complexity index is 429. The summed E-state index contributed by atoms with van der Waals surface area (Å²) in [5, 5.41) is 6.48. The second kappa shape index (κ2) is 14.4. The van der Waals surface area contributed by atoms with Gasteiger partial charge < -0.3 is 20.3 Å². The standard InChI is InChI=1S/C15H35N5O3S/c1-5-16-15(17-9-7-10-19-24(21,22)6-2)18-11-13-20(3)12-8-14-23-4/h19H,5-14H2,1-4H3,(H2,16,17,18). The van der Waals surface area contributed by atoms with Crippen LogP contribution in [0.2, 0.25) is 0 Å². The van der Waals surface area contributed by atoms with Gasteiger partial charge in [-0.1, -0.05) is 0 Å². The van der Waals surface area contributed by atoms with Crippen molar-refractivity contribution in [3.63, 3.8) is 0 Å². The lowest BCUT2D eigenvalue weighted by atomic mass is 10.4. The molecule has 0 unspecified atom stereocenters. The van der Waals surface area contributed by atoms with E-state index in [0.29, 0.717) is 19.5 Å². The zero-order valence-electron chi connectivity index (χ0n) is 15.6. The Morgan fingerprint density at radius 3 is 2.50 bits per heavy atom. The van der Waals surface area contributed by atoms with Gasteiger partial charge in [-0.05, 0) is 33.7 Å². The lowest BCUT2D eigenvalue weighted by molar-refractivity contribution is 0.180. The molecule has 9 heteroatoms. The summed E-state index contributed by atoms with van der Waals surface area (Å²) >= 11 is 0. The minimum absolute atomic E-state index is 0.109. The molecule has 0 fully saturated rings. The number of ether oxygens (including phenoxy) is 1. The first-order chi connectivity index (χ1) is 11.4. The molecular weight excluding hydrogens is 330 g/mol. The van der Waals surface area contributed by atoms with E-state index in [1.807, 2.05) is 6.92 Å². The first-order valence-corrected chi connectivity index (χ1v) is 10.3. The van der Waals surface area contributed by atoms with Gasteiger partial charge in [0.15, 0.2) is 5.96 Å². The highest BCUT2D eigenvalue weighted by Crippen LogP contribution is 1.88. The number of hydrogen-bond donors (Lipinski definition) is 3. The molecule has 0 radical (unpaired) electrons. The fourth-order valence-electron chi connectivity index (χ4n) is 1.90. The van der Waals surface area contributed by atoms with E-state index in [1.165, 1.54) is 0 Å². The molecule has 0 aromatic heterocycles. The molecular formula is C15H35N5O3S. The minimum atomic E-state index is -3.11. The van der Waals surface area contributed by atoms with Crippen LogP contribution in [0.25, 0.3) is 0 Å². The summed E-state index contributed by atoms with van der Waals surface area (Å²) < 4.78 is 30.2. The molecule has 144 valence electrons. The lowest BCUT2D eigenvalue weighted by Crippen LogP contribution is -2.41. The van der Waals surface area contributed by atoms with Gasteiger partial charge in [0.1, 0.15) is 0 Å². The summed E-state index contributed by atoms with van der Waals surface area (Å²) in [5.41, 5.74) is 0. The zero-order chi connectivity index (χ0) is 18.3. The number of sulfonamides is 1. The Morgan fingerprint density at radius 2 is 1.88 bits per heavy atom. The summed E-state index contributed by atoms with van der Waals surface area (Å²) in [7, 11) is 0.693. The normalized spacial score (nSPS) is 12.6. The number of guanidine groups is 1. The molecule has 0 aromatic rings. The van der Waals surface area contributed by atoms with Crippen molar-refractivity contribution in [1.29, 1.82) is 0 Å². The van der Waals surface area contributed by atoms with Crippen molar-refractivity contribution in [3.05, 3.63) is 0 Å². The molecule has 0 atom stereocenters. The van der Waals surface area contributed by atoms with Crippen molar-refractivity contribution in [2.75, 3.05) is 65.8 Å². The maximum atomic E-state index is 11.3. The van der Waals surface area contributed by atoms with Crippen molar-refractivity contribution >= 4 is 16.0 Å². The number of hydrogen-bond acceptors (Lipinski definition) is 5. The van der Waals surface area contributed by atoms with Gasteiger partial charge in [0, 0.05) is 53.0 Å². The van der Waals surface area contributed by atoms with E-state index in [2.05, 4.69) is 32.3 Å². The molecule has 0 rings (SSSR count). The Hall–Kier alpha value is -0.900. The molecule has 8 nitrogen and oxygen atoms in total. The SMILES string of the molecule is CCNC(=NCCCNS(=O)(=O)CC)NCCN(C)CCCOC. The summed E-state index contributed by atoms with van der Waals surface area (Å²) in [6.07, 6.45) is 1.70. The molecule has 3 N–H and O–H groups in total. The summed E-state index contributed by atoms with van der Waals surface area (Å²) in [4.78, 5) is 6.70. The predicted molar refractivity (Wildman–Crippen MR) is 100 cm³/mol. The van der Waals surface area contributed by atoms with Crippen LogP contribution in [0.3, 0.4) is 0 Å². The molecule has 0 aromatic carbocycles. The Kier molecular flexibility index (Phi) is 13.9. The van der Waals surface area contributed by atoms with Crippen LogP contribution in [0.4, 0.5) is 0 Å². The minimum Gasteiger partial charge on any atom is -0.385 e. The van der Waals surface area contributed by atoms with Gasteiger partial charge in [0.25, 0.3) is 0 Å². The number of nitrogens with one attached hydrogen (secondary N) is 3. The van der Waals surface area contributed by atoms with Gasteiger partial charge in [0.2, 0.25) is 10.0 Å². The first kappa shape index (κ1) is 23.1. The highest BCUT2D eigenvalue weighted by atomic mass is 32.2. The van der Waals surface area contributed by atoms with Crippen LogP contribution in [-0.2, 0) is 14.8 Å². The fraction of sp³-hybridized carbons (Fsp3) is 0.933. The smallest absolute Gasteiger partial charge is 0.211 e. The number of aliphatic imine (C=N–C) groups is 1. The quantitative estimate of drug-likeness (QED) is 0.225. The number of rotatable bonds is 14. The average Bonchev–Trinajstić information content (AvgIpc) is 2.54. The Balaban J connectivity index is 3.98. The van der Waals surface area contributed by atoms with Crippen LogP contribution in [0.5, 0.6) is 0 Å². The zero-order valence-corrected chi connectivity index (χ0v) is 16.4. The van der Waals surface area contributed by atoms with Gasteiger partial charge in [-0.25, -0.2) is 13.1 Å². The van der Waals surface area contributed by atoms with Crippen molar-refractivity contribution in [1.82, 2.24) is 20.3 Å². The van der Waals surface area contributed by atoms with E-state index in [0.717, 1.165) is 45.2 Å². The van der Waals surface area contributed by atoms with Gasteiger partial charge in [-0.3, -0.25) is 4.99 Å². The molecule has 0 saturated carbocycles. The summed E-state index contributed by atoms with van der Waals surface area (Å²) in [5.74, 6) is 0.874. The highest BCUT2D eigenvalue weighted by Gasteiger charge is 2.04. The fourth-order valence-corrected chi connectivity index (χ4v) is 2.56. The van der Waals surface area contributed by atoms with E-state index < -0.39 is 10.0 Å². The van der Waals surface area contributed by atoms with Gasteiger partial charge in [-0.2, -0.15) is 0 Å². The second-order valence-corrected chi connectivity index (χ2v) is 7.58. The second-order valence-electron chi connectivity index (χ2n) is 5.49. The maximum Gasteiger partial charge on any atom is 0.211 e. The number of methoxy groups -OCH3 is 1. The molecule has 0 aliphatic carbocycles. The van der Waals surface area contributed by atoms with Crippen LogP contribution in [0.15, 0.2) is 4.99 Å². The van der Waals surface area contributed by atoms with Crippen LogP contribution >= 0.6 is 0 Å². The summed E-state index contributed by atoms with van der Waals surface area (Å²) in [6, 6.07) is 0. The van der Waals surface area contributed by atoms with Crippen LogP contribution in [-0.4, -0.2) is 85.1 Å². The van der Waals surface area contributed by atoms with E-state index in [-0.39, 0.29) is 5.75 Å². The molecule has 0 amide bonds. The molecule has 0 saturated heterocycles. The van der Waals surface area contributed by atoms with E-state index >= 15 is 0 Å². The summed E-state index contributed by atoms with van der Waals surface area (Å²) in [6.45, 7) is 8.93. The van der Waals surface area contributed by atoms with Crippen molar-refractivity contribution < 1.29 is 13.2 Å². The van der Waals surface area contributed by atoms with Crippen molar-refractivity contribution in [2.24, 2.45) is 4.99 Å². The molecule has 0 bridgehead atoms. The average molecular weight is 366 g/mol. The van der Waals surface area contributed by atoms with Gasteiger partial charge in [-0.15, -0.1) is 0 Å². The van der Waals surface area contributed by atoms with E-state index in [1.54, 1.807) is 14.0 Å². The van der Waals surface area contributed by atoms with E-state index in [9.17, 15) is 8.42 Å². The molecule has 0 aliphatic heterocycles. The Morgan fingerprint density at radius 1 is 1.12 bits per heavy atom. The predicted octanol–water partition coefficient (Wildman–Crippen LogP) is -0.161. The molecule has 0 heterocycles. The lowest BCUT2D eigenvalue weighted by Gasteiger charge is -2.18. The Labute approximate surface area is 147 Å². The monoisotopic (exact) mass is 365 g/mol. The first-order valence-electron chi connectivity index (χ1n) is 8.62. The van der Waals surface area contributed by atoms with Gasteiger partial charge in [0.05, 0.1) is 5.75 Å². The highest BCUT2D eigenvalue weighted by molar-refractivity contribution is 7.89. The topological polar surface area (TPSA) is 95.1 Å². The van der Waals surface area contributed by atoms with E-state index in [4.69, 9.17) is 4.74 Å².